The first-order valence-electron chi connectivity index (χ1n) is 12.2. The Bertz CT molecular complexity index is 1120. The number of carbonyl (C=O) groups is 1. The van der Waals surface area contributed by atoms with Crippen LogP contribution in [0.4, 0.5) is 5.69 Å². The second kappa shape index (κ2) is 12.4. The lowest BCUT2D eigenvalue weighted by Gasteiger charge is -2.26. The van der Waals surface area contributed by atoms with Gasteiger partial charge in [0.1, 0.15) is 25.0 Å². The zero-order chi connectivity index (χ0) is 24.5. The van der Waals surface area contributed by atoms with Crippen molar-refractivity contribution in [1.82, 2.24) is 15.3 Å². The van der Waals surface area contributed by atoms with E-state index in [-0.39, 0.29) is 5.92 Å². The van der Waals surface area contributed by atoms with Crippen LogP contribution in [-0.4, -0.2) is 50.2 Å². The topological polar surface area (TPSA) is 94.6 Å². The van der Waals surface area contributed by atoms with Crippen molar-refractivity contribution >= 4 is 23.0 Å². The Kier molecular flexibility index (Phi) is 8.73. The summed E-state index contributed by atoms with van der Waals surface area (Å²) in [6, 6.07) is 11.7. The molecule has 2 atom stereocenters. The normalized spacial score (nSPS) is 18.8. The van der Waals surface area contributed by atoms with E-state index < -0.39 is 0 Å². The minimum atomic E-state index is 0.278. The second-order valence-electron chi connectivity index (χ2n) is 8.87. The number of aromatic nitrogens is 2. The van der Waals surface area contributed by atoms with Crippen molar-refractivity contribution in [3.05, 3.63) is 48.2 Å². The van der Waals surface area contributed by atoms with E-state index in [4.69, 9.17) is 14.2 Å². The molecule has 2 aromatic heterocycles. The Morgan fingerprint density at radius 1 is 1.11 bits per heavy atom. The second-order valence-corrected chi connectivity index (χ2v) is 8.87. The highest BCUT2D eigenvalue weighted by Crippen LogP contribution is 2.31. The maximum atomic E-state index is 10.9. The van der Waals surface area contributed by atoms with Gasteiger partial charge in [-0.15, -0.1) is 0 Å². The van der Waals surface area contributed by atoms with E-state index in [9.17, 15) is 4.79 Å². The van der Waals surface area contributed by atoms with E-state index in [1.54, 1.807) is 19.4 Å². The number of anilines is 1. The van der Waals surface area contributed by atoms with Crippen molar-refractivity contribution in [2.45, 2.75) is 32.2 Å². The molecule has 0 radical (unpaired) electrons. The number of nitrogens with zero attached hydrogens (tertiary/aromatic N) is 2. The summed E-state index contributed by atoms with van der Waals surface area (Å²) in [7, 11) is 3.46. The number of nitrogens with one attached hydrogen (secondary N) is 2. The van der Waals surface area contributed by atoms with Crippen molar-refractivity contribution in [2.24, 2.45) is 11.8 Å². The zero-order valence-corrected chi connectivity index (χ0v) is 20.5. The average molecular weight is 479 g/mol. The molecular weight excluding hydrogens is 444 g/mol. The Balaban J connectivity index is 0.000000179. The first kappa shape index (κ1) is 24.7. The molecule has 1 saturated carbocycles. The van der Waals surface area contributed by atoms with E-state index >= 15 is 0 Å². The summed E-state index contributed by atoms with van der Waals surface area (Å²) in [4.78, 5) is 19.4. The number of rotatable bonds is 7. The summed E-state index contributed by atoms with van der Waals surface area (Å²) in [5.74, 6) is 3.19. The molecule has 1 aromatic carbocycles. The number of fused-ring (bicyclic) bond motifs is 2. The smallest absolute Gasteiger partial charge is 0.213 e. The van der Waals surface area contributed by atoms with E-state index in [0.29, 0.717) is 25.0 Å². The molecule has 0 saturated heterocycles. The zero-order valence-electron chi connectivity index (χ0n) is 20.5. The van der Waals surface area contributed by atoms with Gasteiger partial charge in [-0.25, -0.2) is 4.98 Å². The van der Waals surface area contributed by atoms with Gasteiger partial charge in [-0.2, -0.15) is 0 Å². The molecule has 1 aliphatic carbocycles. The summed E-state index contributed by atoms with van der Waals surface area (Å²) in [6.45, 7) is 3.07. The number of hydrogen-bond donors (Lipinski definition) is 2. The largest absolute Gasteiger partial charge is 0.486 e. The van der Waals surface area contributed by atoms with Gasteiger partial charge in [0.15, 0.2) is 11.5 Å². The highest BCUT2D eigenvalue weighted by molar-refractivity contribution is 5.87. The monoisotopic (exact) mass is 478 g/mol. The lowest BCUT2D eigenvalue weighted by molar-refractivity contribution is -0.112. The number of aldehydes is 1. The molecule has 2 unspecified atom stereocenters. The fraction of sp³-hybridized carbons (Fsp3) is 0.444. The van der Waals surface area contributed by atoms with Crippen LogP contribution in [0.2, 0.25) is 0 Å². The number of methoxy groups -OCH3 is 1. The van der Waals surface area contributed by atoms with Gasteiger partial charge in [0, 0.05) is 31.8 Å². The van der Waals surface area contributed by atoms with E-state index in [1.165, 1.54) is 18.4 Å². The van der Waals surface area contributed by atoms with Crippen molar-refractivity contribution in [3.8, 4) is 17.4 Å². The quantitative estimate of drug-likeness (QED) is 0.487. The predicted octanol–water partition coefficient (Wildman–Crippen LogP) is 4.23. The third kappa shape index (κ3) is 6.60. The predicted molar refractivity (Wildman–Crippen MR) is 136 cm³/mol. The number of carbonyl (C=O) groups excluding carboxylic acids is 1. The number of hydrogen-bond acceptors (Lipinski definition) is 8. The van der Waals surface area contributed by atoms with Gasteiger partial charge in [-0.05, 0) is 61.6 Å². The molecule has 1 fully saturated rings. The molecule has 186 valence electrons. The molecule has 5 rings (SSSR count). The number of benzene rings is 1. The highest BCUT2D eigenvalue weighted by atomic mass is 16.6. The maximum Gasteiger partial charge on any atom is 0.213 e. The van der Waals surface area contributed by atoms with Gasteiger partial charge < -0.3 is 29.6 Å². The SMILES string of the molecule is CNc1ccnc2ccc(OC)nc12.O=CC1CCCC(CNCc2ccc3c(c2)OCCO3)C1. The fourth-order valence-electron chi connectivity index (χ4n) is 4.58. The highest BCUT2D eigenvalue weighted by Gasteiger charge is 2.21. The van der Waals surface area contributed by atoms with Crippen LogP contribution in [0.3, 0.4) is 0 Å². The average Bonchev–Trinajstić information content (AvgIpc) is 2.92. The minimum Gasteiger partial charge on any atom is -0.486 e. The summed E-state index contributed by atoms with van der Waals surface area (Å²) in [5, 5.41) is 6.57. The third-order valence-corrected chi connectivity index (χ3v) is 6.42. The summed E-state index contributed by atoms with van der Waals surface area (Å²) in [6.07, 6.45) is 7.41. The molecule has 8 heteroatoms. The summed E-state index contributed by atoms with van der Waals surface area (Å²) >= 11 is 0. The summed E-state index contributed by atoms with van der Waals surface area (Å²) < 4.78 is 16.2. The Morgan fingerprint density at radius 2 is 1.97 bits per heavy atom. The van der Waals surface area contributed by atoms with Crippen molar-refractivity contribution < 1.29 is 19.0 Å². The van der Waals surface area contributed by atoms with Crippen molar-refractivity contribution in [3.63, 3.8) is 0 Å². The maximum absolute atomic E-state index is 10.9. The van der Waals surface area contributed by atoms with Crippen molar-refractivity contribution in [1.29, 1.82) is 0 Å². The van der Waals surface area contributed by atoms with Gasteiger partial charge in [-0.1, -0.05) is 12.5 Å². The van der Waals surface area contributed by atoms with Gasteiger partial charge in [-0.3, -0.25) is 4.98 Å². The first-order valence-corrected chi connectivity index (χ1v) is 12.2. The molecule has 0 amide bonds. The van der Waals surface area contributed by atoms with Crippen LogP contribution in [0, 0.1) is 11.8 Å². The van der Waals surface area contributed by atoms with Crippen LogP contribution < -0.4 is 24.8 Å². The molecule has 0 bridgehead atoms. The van der Waals surface area contributed by atoms with Gasteiger partial charge in [0.2, 0.25) is 5.88 Å². The van der Waals surface area contributed by atoms with Crippen LogP contribution in [-0.2, 0) is 11.3 Å². The molecule has 3 aromatic rings. The van der Waals surface area contributed by atoms with Gasteiger partial charge in [0.05, 0.1) is 18.3 Å². The molecule has 2 N–H and O–H groups in total. The van der Waals surface area contributed by atoms with Crippen LogP contribution in [0.5, 0.6) is 17.4 Å². The standard InChI is InChI=1S/C17H23NO3.C10H11N3O/c19-12-15-3-1-2-13(8-15)10-18-11-14-4-5-16-17(9-14)21-7-6-20-16;1-11-7-5-6-12-8-3-4-9(14-2)13-10(7)8/h4-5,9,12-13,15,18H,1-3,6-8,10-11H2;3-6H,1-2H3,(H,11,12). The van der Waals surface area contributed by atoms with E-state index in [2.05, 4.69) is 32.7 Å². The molecule has 2 aliphatic rings. The molecule has 8 nitrogen and oxygen atoms in total. The van der Waals surface area contributed by atoms with E-state index in [0.717, 1.165) is 60.4 Å². The van der Waals surface area contributed by atoms with E-state index in [1.807, 2.05) is 25.2 Å². The number of pyridine rings is 2. The third-order valence-electron chi connectivity index (χ3n) is 6.42. The van der Waals surface area contributed by atoms with Crippen LogP contribution in [0.15, 0.2) is 42.6 Å². The van der Waals surface area contributed by atoms with Crippen LogP contribution in [0.1, 0.15) is 31.2 Å². The Hall–Kier alpha value is -3.39. The Labute approximate surface area is 206 Å². The first-order chi connectivity index (χ1) is 17.2. The van der Waals surface area contributed by atoms with Crippen molar-refractivity contribution in [2.75, 3.05) is 39.2 Å². The Morgan fingerprint density at radius 3 is 2.77 bits per heavy atom. The fourth-order valence-corrected chi connectivity index (χ4v) is 4.58. The summed E-state index contributed by atoms with van der Waals surface area (Å²) in [5.41, 5.74) is 3.85. The minimum absolute atomic E-state index is 0.278. The van der Waals surface area contributed by atoms with Crippen LogP contribution >= 0.6 is 0 Å². The lowest BCUT2D eigenvalue weighted by atomic mass is 9.82. The lowest BCUT2D eigenvalue weighted by Crippen LogP contribution is -2.27. The van der Waals surface area contributed by atoms with Gasteiger partial charge >= 0.3 is 0 Å². The molecular formula is C27H34N4O4. The molecule has 0 spiro atoms. The molecule has 35 heavy (non-hydrogen) atoms. The molecule has 3 heterocycles. The molecule has 1 aliphatic heterocycles. The van der Waals surface area contributed by atoms with Crippen LogP contribution in [0.25, 0.3) is 11.0 Å². The van der Waals surface area contributed by atoms with Gasteiger partial charge in [0.25, 0.3) is 0 Å². The number of ether oxygens (including phenoxy) is 3.